The summed E-state index contributed by atoms with van der Waals surface area (Å²) in [4.78, 5) is 36.7. The Balaban J connectivity index is 1.49. The van der Waals surface area contributed by atoms with Gasteiger partial charge in [0.25, 0.3) is 0 Å². The number of ether oxygens (including phenoxy) is 4. The Kier molecular flexibility index (Phi) is 6.93. The van der Waals surface area contributed by atoms with Crippen molar-refractivity contribution in [1.29, 1.82) is 0 Å². The van der Waals surface area contributed by atoms with Crippen LogP contribution in [0.2, 0.25) is 0 Å². The van der Waals surface area contributed by atoms with Gasteiger partial charge in [0.15, 0.2) is 11.5 Å². The van der Waals surface area contributed by atoms with Crippen molar-refractivity contribution < 1.29 is 41.7 Å². The summed E-state index contributed by atoms with van der Waals surface area (Å²) in [5.41, 5.74) is 0.219. The fraction of sp³-hybridized carbons (Fsp3) is 0.476. The lowest BCUT2D eigenvalue weighted by molar-refractivity contribution is -0.147. The summed E-state index contributed by atoms with van der Waals surface area (Å²) >= 11 is 0. The number of rotatable bonds is 7. The van der Waals surface area contributed by atoms with Gasteiger partial charge in [-0.25, -0.2) is 18.0 Å². The Labute approximate surface area is 196 Å². The first-order valence-corrected chi connectivity index (χ1v) is 12.3. The van der Waals surface area contributed by atoms with E-state index in [2.05, 4.69) is 10.6 Å². The van der Waals surface area contributed by atoms with Crippen molar-refractivity contribution in [3.8, 4) is 11.5 Å². The van der Waals surface area contributed by atoms with Gasteiger partial charge >= 0.3 is 18.0 Å². The first-order valence-electron chi connectivity index (χ1n) is 10.8. The zero-order chi connectivity index (χ0) is 24.3. The highest BCUT2D eigenvalue weighted by Gasteiger charge is 2.41. The van der Waals surface area contributed by atoms with Gasteiger partial charge in [0.2, 0.25) is 10.0 Å². The summed E-state index contributed by atoms with van der Waals surface area (Å²) in [6.45, 7) is 2.13. The van der Waals surface area contributed by atoms with Crippen molar-refractivity contribution in [1.82, 2.24) is 14.9 Å². The third-order valence-electron chi connectivity index (χ3n) is 5.53. The van der Waals surface area contributed by atoms with E-state index >= 15 is 0 Å². The maximum absolute atomic E-state index is 13.3. The van der Waals surface area contributed by atoms with Gasteiger partial charge in [-0.2, -0.15) is 4.31 Å². The third kappa shape index (κ3) is 4.80. The molecule has 0 aliphatic carbocycles. The van der Waals surface area contributed by atoms with Gasteiger partial charge in [-0.3, -0.25) is 4.79 Å². The number of carbonyl (C=O) groups excluding carboxylic acids is 3. The van der Waals surface area contributed by atoms with Crippen LogP contribution in [0.1, 0.15) is 19.8 Å². The number of esters is 2. The van der Waals surface area contributed by atoms with Gasteiger partial charge in [-0.05, 0) is 31.9 Å². The number of benzene rings is 1. The van der Waals surface area contributed by atoms with E-state index in [0.29, 0.717) is 31.1 Å². The van der Waals surface area contributed by atoms with E-state index in [0.717, 1.165) is 4.31 Å². The second kappa shape index (κ2) is 9.89. The minimum absolute atomic E-state index is 0.0191. The first-order chi connectivity index (χ1) is 16.3. The van der Waals surface area contributed by atoms with Crippen molar-refractivity contribution >= 4 is 28.0 Å². The molecular weight excluding hydrogens is 470 g/mol. The molecule has 2 amide bonds. The average Bonchev–Trinajstić information content (AvgIpc) is 3.33. The predicted octanol–water partition coefficient (Wildman–Crippen LogP) is 0.284. The van der Waals surface area contributed by atoms with E-state index in [1.165, 1.54) is 18.2 Å². The van der Waals surface area contributed by atoms with Gasteiger partial charge in [-0.15, -0.1) is 0 Å². The van der Waals surface area contributed by atoms with Crippen LogP contribution in [-0.4, -0.2) is 76.3 Å². The molecule has 3 heterocycles. The number of hydrogen-bond acceptors (Lipinski definition) is 9. The SMILES string of the molecule is CCOC(=O)C1=C(COC(=O)[C@@H]2CCCN2S(=O)(=O)c2ccc3c(c2)OCCO3)NC(=O)NC1. The average molecular weight is 496 g/mol. The summed E-state index contributed by atoms with van der Waals surface area (Å²) < 4.78 is 48.9. The Hall–Kier alpha value is -3.32. The molecule has 1 aromatic rings. The third-order valence-corrected chi connectivity index (χ3v) is 7.44. The van der Waals surface area contributed by atoms with Crippen molar-refractivity contribution in [2.75, 3.05) is 39.5 Å². The van der Waals surface area contributed by atoms with E-state index < -0.39 is 40.6 Å². The highest BCUT2D eigenvalue weighted by Crippen LogP contribution is 2.35. The molecule has 1 fully saturated rings. The molecule has 0 radical (unpaired) electrons. The van der Waals surface area contributed by atoms with E-state index in [1.807, 2.05) is 0 Å². The standard InChI is InChI=1S/C21H25N3O9S/c1-2-30-19(25)14-11-22-21(27)23-15(14)12-33-20(26)16-4-3-7-24(16)34(28,29)13-5-6-17-18(10-13)32-9-8-31-17/h5-6,10,16H,2-4,7-9,11-12H2,1H3,(H2,22,23,27)/t16-/m0/s1. The van der Waals surface area contributed by atoms with Crippen molar-refractivity contribution in [2.24, 2.45) is 0 Å². The molecule has 1 atom stereocenters. The van der Waals surface area contributed by atoms with Crippen LogP contribution in [0.15, 0.2) is 34.4 Å². The van der Waals surface area contributed by atoms with E-state index in [4.69, 9.17) is 18.9 Å². The maximum Gasteiger partial charge on any atom is 0.337 e. The Morgan fingerprint density at radius 3 is 2.71 bits per heavy atom. The second-order valence-corrected chi connectivity index (χ2v) is 9.56. The molecule has 0 aromatic heterocycles. The number of sulfonamides is 1. The smallest absolute Gasteiger partial charge is 0.337 e. The zero-order valence-electron chi connectivity index (χ0n) is 18.5. The van der Waals surface area contributed by atoms with Gasteiger partial charge in [0.1, 0.15) is 25.9 Å². The van der Waals surface area contributed by atoms with Crippen LogP contribution in [0, 0.1) is 0 Å². The summed E-state index contributed by atoms with van der Waals surface area (Å²) in [6.07, 6.45) is 0.751. The van der Waals surface area contributed by atoms with Crippen LogP contribution < -0.4 is 20.1 Å². The van der Waals surface area contributed by atoms with E-state index in [1.54, 1.807) is 6.92 Å². The van der Waals surface area contributed by atoms with E-state index in [9.17, 15) is 22.8 Å². The predicted molar refractivity (Wildman–Crippen MR) is 115 cm³/mol. The molecule has 0 saturated carbocycles. The largest absolute Gasteiger partial charge is 0.486 e. The maximum atomic E-state index is 13.3. The zero-order valence-corrected chi connectivity index (χ0v) is 19.3. The summed E-state index contributed by atoms with van der Waals surface area (Å²) in [5, 5.41) is 4.90. The highest BCUT2D eigenvalue weighted by molar-refractivity contribution is 7.89. The molecular formula is C21H25N3O9S. The minimum atomic E-state index is -4.02. The number of nitrogens with zero attached hydrogens (tertiary/aromatic N) is 1. The molecule has 1 aromatic carbocycles. The number of nitrogens with one attached hydrogen (secondary N) is 2. The van der Waals surface area contributed by atoms with Crippen LogP contribution in [0.5, 0.6) is 11.5 Å². The summed E-state index contributed by atoms with van der Waals surface area (Å²) in [5.74, 6) is -0.644. The molecule has 1 saturated heterocycles. The number of amides is 2. The summed E-state index contributed by atoms with van der Waals surface area (Å²) in [6, 6.07) is 2.72. The molecule has 0 spiro atoms. The quantitative estimate of drug-likeness (QED) is 0.509. The molecule has 3 aliphatic heterocycles. The van der Waals surface area contributed by atoms with Crippen molar-refractivity contribution in [3.63, 3.8) is 0 Å². The topological polar surface area (TPSA) is 150 Å². The van der Waals surface area contributed by atoms with Gasteiger partial charge in [0.05, 0.1) is 29.3 Å². The molecule has 0 bridgehead atoms. The van der Waals surface area contributed by atoms with Crippen LogP contribution in [0.25, 0.3) is 0 Å². The number of urea groups is 1. The highest BCUT2D eigenvalue weighted by atomic mass is 32.2. The lowest BCUT2D eigenvalue weighted by Gasteiger charge is -2.25. The number of carbonyl (C=O) groups is 3. The molecule has 184 valence electrons. The van der Waals surface area contributed by atoms with Crippen LogP contribution >= 0.6 is 0 Å². The first kappa shape index (κ1) is 23.8. The molecule has 34 heavy (non-hydrogen) atoms. The molecule has 3 aliphatic rings. The molecule has 0 unspecified atom stereocenters. The fourth-order valence-corrected chi connectivity index (χ4v) is 5.55. The normalized spacial score (nSPS) is 20.4. The van der Waals surface area contributed by atoms with Crippen LogP contribution in [0.4, 0.5) is 4.79 Å². The number of fused-ring (bicyclic) bond motifs is 1. The molecule has 2 N–H and O–H groups in total. The lowest BCUT2D eigenvalue weighted by atomic mass is 10.1. The van der Waals surface area contributed by atoms with Crippen molar-refractivity contribution in [2.45, 2.75) is 30.7 Å². The molecule has 4 rings (SSSR count). The van der Waals surface area contributed by atoms with E-state index in [-0.39, 0.29) is 42.3 Å². The molecule has 13 heteroatoms. The summed E-state index contributed by atoms with van der Waals surface area (Å²) in [7, 11) is -4.02. The van der Waals surface area contributed by atoms with Gasteiger partial charge in [0, 0.05) is 12.6 Å². The fourth-order valence-electron chi connectivity index (χ4n) is 3.89. The Morgan fingerprint density at radius 1 is 1.18 bits per heavy atom. The van der Waals surface area contributed by atoms with Crippen molar-refractivity contribution in [3.05, 3.63) is 29.5 Å². The Bertz CT molecular complexity index is 1130. The van der Waals surface area contributed by atoms with Crippen LogP contribution in [0.3, 0.4) is 0 Å². The van der Waals surface area contributed by atoms with Crippen LogP contribution in [-0.2, 0) is 29.1 Å². The molecule has 12 nitrogen and oxygen atoms in total. The number of hydrogen-bond donors (Lipinski definition) is 2. The minimum Gasteiger partial charge on any atom is -0.486 e. The lowest BCUT2D eigenvalue weighted by Crippen LogP contribution is -2.46. The Morgan fingerprint density at radius 2 is 1.94 bits per heavy atom. The van der Waals surface area contributed by atoms with Gasteiger partial charge < -0.3 is 29.6 Å². The monoisotopic (exact) mass is 495 g/mol. The second-order valence-electron chi connectivity index (χ2n) is 7.67. The van der Waals surface area contributed by atoms with Gasteiger partial charge in [-0.1, -0.05) is 0 Å².